The summed E-state index contributed by atoms with van der Waals surface area (Å²) in [6, 6.07) is 16.6. The molecule has 3 rings (SSSR count). The van der Waals surface area contributed by atoms with E-state index in [0.717, 1.165) is 22.8 Å². The standard InChI is InChI=1S/C18H16N2O2/c1-12(14-7-4-5-13(9-14)11-21)19-18(22)17-10-15-6-2-3-8-16(15)20-17/h2-12,20H,1H3,(H,19,22). The first kappa shape index (κ1) is 14.1. The van der Waals surface area contributed by atoms with Crippen molar-refractivity contribution in [1.29, 1.82) is 0 Å². The fourth-order valence-corrected chi connectivity index (χ4v) is 2.46. The average Bonchev–Trinajstić information content (AvgIpc) is 2.99. The van der Waals surface area contributed by atoms with Crippen molar-refractivity contribution in [2.24, 2.45) is 0 Å². The minimum atomic E-state index is -0.182. The molecular formula is C18H16N2O2. The molecule has 0 aliphatic heterocycles. The van der Waals surface area contributed by atoms with Crippen LogP contribution < -0.4 is 5.32 Å². The molecule has 0 radical (unpaired) electrons. The summed E-state index contributed by atoms with van der Waals surface area (Å²) in [6.07, 6.45) is 0.801. The molecule has 4 nitrogen and oxygen atoms in total. The van der Waals surface area contributed by atoms with E-state index in [4.69, 9.17) is 0 Å². The summed E-state index contributed by atoms with van der Waals surface area (Å²) in [6.45, 7) is 1.89. The van der Waals surface area contributed by atoms with Crippen LogP contribution in [0.1, 0.15) is 39.4 Å². The second-order valence-electron chi connectivity index (χ2n) is 5.25. The lowest BCUT2D eigenvalue weighted by Crippen LogP contribution is -2.26. The van der Waals surface area contributed by atoms with Gasteiger partial charge in [0, 0.05) is 16.5 Å². The van der Waals surface area contributed by atoms with E-state index in [1.54, 1.807) is 12.1 Å². The molecular weight excluding hydrogens is 276 g/mol. The van der Waals surface area contributed by atoms with Crippen LogP contribution in [0.25, 0.3) is 10.9 Å². The Balaban J connectivity index is 1.79. The van der Waals surface area contributed by atoms with Gasteiger partial charge in [-0.05, 0) is 30.7 Å². The number of carbonyl (C=O) groups excluding carboxylic acids is 2. The summed E-state index contributed by atoms with van der Waals surface area (Å²) in [7, 11) is 0. The van der Waals surface area contributed by atoms with E-state index < -0.39 is 0 Å². The SMILES string of the molecule is CC(NC(=O)c1cc2ccccc2[nH]1)c1cccc(C=O)c1. The van der Waals surface area contributed by atoms with Gasteiger partial charge in [-0.3, -0.25) is 9.59 Å². The number of rotatable bonds is 4. The fraction of sp³-hybridized carbons (Fsp3) is 0.111. The summed E-state index contributed by atoms with van der Waals surface area (Å²) < 4.78 is 0. The van der Waals surface area contributed by atoms with Gasteiger partial charge < -0.3 is 10.3 Å². The quantitative estimate of drug-likeness (QED) is 0.723. The molecule has 4 heteroatoms. The number of para-hydroxylation sites is 1. The maximum absolute atomic E-state index is 12.3. The first-order valence-electron chi connectivity index (χ1n) is 7.11. The Morgan fingerprint density at radius 3 is 2.73 bits per heavy atom. The smallest absolute Gasteiger partial charge is 0.268 e. The topological polar surface area (TPSA) is 62.0 Å². The van der Waals surface area contributed by atoms with E-state index in [-0.39, 0.29) is 11.9 Å². The van der Waals surface area contributed by atoms with Crippen molar-refractivity contribution in [1.82, 2.24) is 10.3 Å². The molecule has 0 fully saturated rings. The van der Waals surface area contributed by atoms with Gasteiger partial charge in [0.05, 0.1) is 6.04 Å². The van der Waals surface area contributed by atoms with Crippen LogP contribution in [0, 0.1) is 0 Å². The van der Waals surface area contributed by atoms with Crippen molar-refractivity contribution in [3.8, 4) is 0 Å². The number of aromatic nitrogens is 1. The minimum absolute atomic E-state index is 0.166. The molecule has 1 amide bonds. The highest BCUT2D eigenvalue weighted by molar-refractivity contribution is 5.98. The summed E-state index contributed by atoms with van der Waals surface area (Å²) in [5, 5.41) is 3.94. The van der Waals surface area contributed by atoms with Gasteiger partial charge in [0.1, 0.15) is 12.0 Å². The van der Waals surface area contributed by atoms with Crippen molar-refractivity contribution >= 4 is 23.1 Å². The monoisotopic (exact) mass is 292 g/mol. The maximum Gasteiger partial charge on any atom is 0.268 e. The Morgan fingerprint density at radius 1 is 1.14 bits per heavy atom. The Bertz CT molecular complexity index is 803. The molecule has 0 saturated carbocycles. The molecule has 1 atom stereocenters. The molecule has 0 aliphatic rings. The highest BCUT2D eigenvalue weighted by atomic mass is 16.2. The van der Waals surface area contributed by atoms with Crippen molar-refractivity contribution in [3.63, 3.8) is 0 Å². The Labute approximate surface area is 128 Å². The normalized spacial score (nSPS) is 12.0. The van der Waals surface area contributed by atoms with Gasteiger partial charge in [-0.2, -0.15) is 0 Å². The van der Waals surface area contributed by atoms with Crippen molar-refractivity contribution in [2.45, 2.75) is 13.0 Å². The number of fused-ring (bicyclic) bond motifs is 1. The predicted octanol–water partition coefficient (Wildman–Crippen LogP) is 3.47. The third-order valence-corrected chi connectivity index (χ3v) is 3.67. The van der Waals surface area contributed by atoms with E-state index in [1.165, 1.54) is 0 Å². The maximum atomic E-state index is 12.3. The van der Waals surface area contributed by atoms with Crippen LogP contribution in [0.15, 0.2) is 54.6 Å². The lowest BCUT2D eigenvalue weighted by atomic mass is 10.1. The van der Waals surface area contributed by atoms with Crippen molar-refractivity contribution in [3.05, 3.63) is 71.4 Å². The Morgan fingerprint density at radius 2 is 1.95 bits per heavy atom. The number of nitrogens with one attached hydrogen (secondary N) is 2. The number of H-pyrrole nitrogens is 1. The van der Waals surface area contributed by atoms with Crippen molar-refractivity contribution in [2.75, 3.05) is 0 Å². The zero-order valence-electron chi connectivity index (χ0n) is 12.2. The molecule has 3 aromatic rings. The van der Waals surface area contributed by atoms with Crippen LogP contribution in [-0.4, -0.2) is 17.2 Å². The third kappa shape index (κ3) is 2.76. The van der Waals surface area contributed by atoms with E-state index in [9.17, 15) is 9.59 Å². The molecule has 22 heavy (non-hydrogen) atoms. The lowest BCUT2D eigenvalue weighted by Gasteiger charge is -2.14. The van der Waals surface area contributed by atoms with Gasteiger partial charge in [-0.1, -0.05) is 36.4 Å². The Kier molecular flexibility index (Phi) is 3.74. The van der Waals surface area contributed by atoms with E-state index >= 15 is 0 Å². The summed E-state index contributed by atoms with van der Waals surface area (Å²) in [5.41, 5.74) is 2.96. The van der Waals surface area contributed by atoms with E-state index in [1.807, 2.05) is 49.4 Å². The molecule has 1 heterocycles. The molecule has 0 aliphatic carbocycles. The number of amides is 1. The number of benzene rings is 2. The second-order valence-corrected chi connectivity index (χ2v) is 5.25. The van der Waals surface area contributed by atoms with Gasteiger partial charge >= 0.3 is 0 Å². The molecule has 110 valence electrons. The molecule has 2 aromatic carbocycles. The van der Waals surface area contributed by atoms with E-state index in [0.29, 0.717) is 11.3 Å². The summed E-state index contributed by atoms with van der Waals surface area (Å²) in [5.74, 6) is -0.166. The number of hydrogen-bond acceptors (Lipinski definition) is 2. The molecule has 1 unspecified atom stereocenters. The minimum Gasteiger partial charge on any atom is -0.351 e. The van der Waals surface area contributed by atoms with Gasteiger partial charge in [0.25, 0.3) is 5.91 Å². The zero-order chi connectivity index (χ0) is 15.5. The van der Waals surface area contributed by atoms with E-state index in [2.05, 4.69) is 10.3 Å². The molecule has 1 aromatic heterocycles. The predicted molar refractivity (Wildman–Crippen MR) is 86.0 cm³/mol. The van der Waals surface area contributed by atoms with Gasteiger partial charge in [-0.15, -0.1) is 0 Å². The molecule has 2 N–H and O–H groups in total. The zero-order valence-corrected chi connectivity index (χ0v) is 12.2. The van der Waals surface area contributed by atoms with Crippen LogP contribution in [0.3, 0.4) is 0 Å². The largest absolute Gasteiger partial charge is 0.351 e. The lowest BCUT2D eigenvalue weighted by molar-refractivity contribution is 0.0935. The third-order valence-electron chi connectivity index (χ3n) is 3.67. The highest BCUT2D eigenvalue weighted by Gasteiger charge is 2.13. The first-order chi connectivity index (χ1) is 10.7. The number of carbonyl (C=O) groups is 2. The van der Waals surface area contributed by atoms with Gasteiger partial charge in [0.2, 0.25) is 0 Å². The summed E-state index contributed by atoms with van der Waals surface area (Å²) in [4.78, 5) is 26.3. The van der Waals surface area contributed by atoms with Gasteiger partial charge in [0.15, 0.2) is 0 Å². The summed E-state index contributed by atoms with van der Waals surface area (Å²) >= 11 is 0. The highest BCUT2D eigenvalue weighted by Crippen LogP contribution is 2.17. The number of hydrogen-bond donors (Lipinski definition) is 2. The molecule has 0 bridgehead atoms. The van der Waals surface area contributed by atoms with Crippen molar-refractivity contribution < 1.29 is 9.59 Å². The number of aromatic amines is 1. The second kappa shape index (κ2) is 5.85. The van der Waals surface area contributed by atoms with Crippen LogP contribution in [0.2, 0.25) is 0 Å². The van der Waals surface area contributed by atoms with Crippen LogP contribution in [0.5, 0.6) is 0 Å². The number of aldehydes is 1. The Hall–Kier alpha value is -2.88. The fourth-order valence-electron chi connectivity index (χ4n) is 2.46. The molecule has 0 saturated heterocycles. The first-order valence-corrected chi connectivity index (χ1v) is 7.11. The van der Waals surface area contributed by atoms with Crippen LogP contribution >= 0.6 is 0 Å². The van der Waals surface area contributed by atoms with Crippen LogP contribution in [-0.2, 0) is 0 Å². The van der Waals surface area contributed by atoms with Crippen LogP contribution in [0.4, 0.5) is 0 Å². The van der Waals surface area contributed by atoms with Gasteiger partial charge in [-0.25, -0.2) is 0 Å². The average molecular weight is 292 g/mol. The molecule has 0 spiro atoms.